The van der Waals surface area contributed by atoms with Gasteiger partial charge < -0.3 is 5.32 Å². The molecule has 0 saturated heterocycles. The average Bonchev–Trinajstić information content (AvgIpc) is 2.70. The largest absolute Gasteiger partial charge is 0.304 e. The first-order valence-corrected chi connectivity index (χ1v) is 5.01. The number of carbonyl (C=O) groups excluding carboxylic acids is 1. The number of amides is 1. The number of carbonyl (C=O) groups is 1. The van der Waals surface area contributed by atoms with E-state index in [2.05, 4.69) is 10.4 Å². The summed E-state index contributed by atoms with van der Waals surface area (Å²) < 4.78 is 1.49. The molecular formula is C12H10N4O. The minimum Gasteiger partial charge on any atom is -0.304 e. The van der Waals surface area contributed by atoms with Gasteiger partial charge in [0.1, 0.15) is 11.6 Å². The predicted molar refractivity (Wildman–Crippen MR) is 62.3 cm³/mol. The van der Waals surface area contributed by atoms with Gasteiger partial charge in [0.25, 0.3) is 5.91 Å². The number of anilines is 1. The molecule has 1 heterocycles. The predicted octanol–water partition coefficient (Wildman–Crippen LogP) is 1.54. The third-order valence-electron chi connectivity index (χ3n) is 2.22. The Morgan fingerprint density at radius 3 is 2.76 bits per heavy atom. The summed E-state index contributed by atoms with van der Waals surface area (Å²) in [5.41, 5.74) is 0.874. The molecule has 0 spiro atoms. The van der Waals surface area contributed by atoms with Gasteiger partial charge in [-0.25, -0.2) is 0 Å². The van der Waals surface area contributed by atoms with Crippen molar-refractivity contribution in [2.45, 2.75) is 0 Å². The average molecular weight is 226 g/mol. The number of nitrogens with one attached hydrogen (secondary N) is 1. The summed E-state index contributed by atoms with van der Waals surface area (Å²) in [6.45, 7) is 0. The molecular weight excluding hydrogens is 216 g/mol. The summed E-state index contributed by atoms with van der Waals surface area (Å²) in [6.07, 6.45) is 1.56. The van der Waals surface area contributed by atoms with Gasteiger partial charge in [-0.15, -0.1) is 0 Å². The Hall–Kier alpha value is -2.61. The van der Waals surface area contributed by atoms with Crippen molar-refractivity contribution >= 4 is 11.7 Å². The van der Waals surface area contributed by atoms with Crippen LogP contribution in [0.1, 0.15) is 15.9 Å². The molecule has 1 N–H and O–H groups in total. The van der Waals surface area contributed by atoms with Gasteiger partial charge in [0, 0.05) is 18.8 Å². The molecule has 0 unspecified atom stereocenters. The standard InChI is InChI=1S/C12H10N4O/c1-16-8-10(7-13)11(15-16)14-12(17)9-5-3-2-4-6-9/h2-6,8H,1H3,(H,14,15,17). The first kappa shape index (κ1) is 10.9. The SMILES string of the molecule is Cn1cc(C#N)c(NC(=O)c2ccccc2)n1. The smallest absolute Gasteiger partial charge is 0.256 e. The Morgan fingerprint density at radius 2 is 2.12 bits per heavy atom. The monoisotopic (exact) mass is 226 g/mol. The molecule has 0 fully saturated rings. The zero-order valence-corrected chi connectivity index (χ0v) is 9.21. The quantitative estimate of drug-likeness (QED) is 0.844. The number of rotatable bonds is 2. The number of aromatic nitrogens is 2. The normalized spacial score (nSPS) is 9.65. The highest BCUT2D eigenvalue weighted by molar-refractivity contribution is 6.04. The zero-order chi connectivity index (χ0) is 12.3. The Labute approximate surface area is 98.3 Å². The van der Waals surface area contributed by atoms with E-state index in [4.69, 9.17) is 5.26 Å². The first-order chi connectivity index (χ1) is 8.20. The van der Waals surface area contributed by atoms with Crippen molar-refractivity contribution in [1.29, 1.82) is 5.26 Å². The van der Waals surface area contributed by atoms with Crippen LogP contribution in [0.5, 0.6) is 0 Å². The third kappa shape index (κ3) is 2.32. The molecule has 0 aliphatic rings. The second-order valence-electron chi connectivity index (χ2n) is 3.50. The Kier molecular flexibility index (Phi) is 2.88. The highest BCUT2D eigenvalue weighted by Gasteiger charge is 2.11. The third-order valence-corrected chi connectivity index (χ3v) is 2.22. The van der Waals surface area contributed by atoms with E-state index in [-0.39, 0.29) is 11.7 Å². The van der Waals surface area contributed by atoms with Gasteiger partial charge in [-0.2, -0.15) is 10.4 Å². The molecule has 0 aliphatic carbocycles. The molecule has 84 valence electrons. The summed E-state index contributed by atoms with van der Waals surface area (Å²) in [4.78, 5) is 11.8. The summed E-state index contributed by atoms with van der Waals surface area (Å²) in [5, 5.41) is 15.5. The number of hydrogen-bond acceptors (Lipinski definition) is 3. The van der Waals surface area contributed by atoms with Crippen LogP contribution in [0.2, 0.25) is 0 Å². The lowest BCUT2D eigenvalue weighted by molar-refractivity contribution is 0.102. The molecule has 5 nitrogen and oxygen atoms in total. The Morgan fingerprint density at radius 1 is 1.41 bits per heavy atom. The second-order valence-corrected chi connectivity index (χ2v) is 3.50. The minimum atomic E-state index is -0.277. The van der Waals surface area contributed by atoms with Crippen molar-refractivity contribution in [2.24, 2.45) is 7.05 Å². The van der Waals surface area contributed by atoms with Crippen LogP contribution in [0.25, 0.3) is 0 Å². The topological polar surface area (TPSA) is 70.7 Å². The molecule has 0 atom stereocenters. The molecule has 2 aromatic rings. The molecule has 0 aliphatic heterocycles. The van der Waals surface area contributed by atoms with E-state index in [0.717, 1.165) is 0 Å². The number of benzene rings is 1. The van der Waals surface area contributed by atoms with E-state index < -0.39 is 0 Å². The molecule has 2 rings (SSSR count). The van der Waals surface area contributed by atoms with Crippen molar-refractivity contribution in [3.8, 4) is 6.07 Å². The van der Waals surface area contributed by atoms with E-state index >= 15 is 0 Å². The Bertz CT molecular complexity index is 580. The Balaban J connectivity index is 2.22. The molecule has 0 bridgehead atoms. The first-order valence-electron chi connectivity index (χ1n) is 5.01. The highest BCUT2D eigenvalue weighted by atomic mass is 16.1. The van der Waals surface area contributed by atoms with Gasteiger partial charge in [0.15, 0.2) is 5.82 Å². The molecule has 1 aromatic carbocycles. The van der Waals surface area contributed by atoms with E-state index in [9.17, 15) is 4.79 Å². The maximum absolute atomic E-state index is 11.8. The highest BCUT2D eigenvalue weighted by Crippen LogP contribution is 2.12. The van der Waals surface area contributed by atoms with Crippen molar-refractivity contribution in [3.05, 3.63) is 47.7 Å². The molecule has 0 saturated carbocycles. The maximum atomic E-state index is 11.8. The van der Waals surface area contributed by atoms with Gasteiger partial charge in [-0.05, 0) is 12.1 Å². The van der Waals surface area contributed by atoms with E-state index in [0.29, 0.717) is 11.1 Å². The van der Waals surface area contributed by atoms with Crippen molar-refractivity contribution in [2.75, 3.05) is 5.32 Å². The van der Waals surface area contributed by atoms with Crippen molar-refractivity contribution < 1.29 is 4.79 Å². The van der Waals surface area contributed by atoms with Gasteiger partial charge in [-0.1, -0.05) is 18.2 Å². The van der Waals surface area contributed by atoms with Gasteiger partial charge >= 0.3 is 0 Å². The summed E-state index contributed by atoms with van der Waals surface area (Å²) >= 11 is 0. The van der Waals surface area contributed by atoms with Gasteiger partial charge in [-0.3, -0.25) is 9.48 Å². The second kappa shape index (κ2) is 4.49. The molecule has 1 amide bonds. The number of nitrogens with zero attached hydrogens (tertiary/aromatic N) is 3. The summed E-state index contributed by atoms with van der Waals surface area (Å²) in [6, 6.07) is 10.8. The van der Waals surface area contributed by atoms with Crippen LogP contribution < -0.4 is 5.32 Å². The van der Waals surface area contributed by atoms with Crippen LogP contribution in [-0.2, 0) is 7.05 Å². The molecule has 1 aromatic heterocycles. The lowest BCUT2D eigenvalue weighted by Gasteiger charge is -2.01. The van der Waals surface area contributed by atoms with Crippen LogP contribution in [0.4, 0.5) is 5.82 Å². The van der Waals surface area contributed by atoms with Crippen LogP contribution >= 0.6 is 0 Å². The molecule has 5 heteroatoms. The van der Waals surface area contributed by atoms with E-state index in [1.54, 1.807) is 37.5 Å². The lowest BCUT2D eigenvalue weighted by atomic mass is 10.2. The van der Waals surface area contributed by atoms with Crippen molar-refractivity contribution in [3.63, 3.8) is 0 Å². The molecule has 17 heavy (non-hydrogen) atoms. The van der Waals surface area contributed by atoms with Gasteiger partial charge in [0.05, 0.1) is 0 Å². The fraction of sp³-hybridized carbons (Fsp3) is 0.0833. The van der Waals surface area contributed by atoms with Crippen LogP contribution in [-0.4, -0.2) is 15.7 Å². The summed E-state index contributed by atoms with van der Waals surface area (Å²) in [7, 11) is 1.69. The molecule has 0 radical (unpaired) electrons. The number of hydrogen-bond donors (Lipinski definition) is 1. The fourth-order valence-corrected chi connectivity index (χ4v) is 1.43. The van der Waals surface area contributed by atoms with Crippen LogP contribution in [0.3, 0.4) is 0 Å². The lowest BCUT2D eigenvalue weighted by Crippen LogP contribution is -2.13. The minimum absolute atomic E-state index is 0.277. The van der Waals surface area contributed by atoms with E-state index in [1.807, 2.05) is 12.1 Å². The van der Waals surface area contributed by atoms with E-state index in [1.165, 1.54) is 4.68 Å². The van der Waals surface area contributed by atoms with Gasteiger partial charge in [0.2, 0.25) is 0 Å². The number of aryl methyl sites for hydroxylation is 1. The number of nitriles is 1. The zero-order valence-electron chi connectivity index (χ0n) is 9.21. The maximum Gasteiger partial charge on any atom is 0.256 e. The van der Waals surface area contributed by atoms with Crippen LogP contribution in [0.15, 0.2) is 36.5 Å². The van der Waals surface area contributed by atoms with Crippen LogP contribution in [0, 0.1) is 11.3 Å². The summed E-state index contributed by atoms with van der Waals surface area (Å²) in [5.74, 6) is 0.00431. The fourth-order valence-electron chi connectivity index (χ4n) is 1.43. The van der Waals surface area contributed by atoms with Crippen molar-refractivity contribution in [1.82, 2.24) is 9.78 Å².